The van der Waals surface area contributed by atoms with Crippen LogP contribution in [0.4, 0.5) is 0 Å². The van der Waals surface area contributed by atoms with E-state index >= 15 is 0 Å². The van der Waals surface area contributed by atoms with Gasteiger partial charge in [0.2, 0.25) is 0 Å². The maximum Gasteiger partial charge on any atom is 0.163 e. The van der Waals surface area contributed by atoms with Crippen molar-refractivity contribution in [3.05, 3.63) is 0 Å². The Bertz CT molecular complexity index is 281. The van der Waals surface area contributed by atoms with Gasteiger partial charge in [-0.1, -0.05) is 0 Å². The van der Waals surface area contributed by atoms with Crippen LogP contribution in [-0.2, 0) is 9.47 Å². The predicted octanol–water partition coefficient (Wildman–Crippen LogP) is 1.54. The molecule has 2 saturated heterocycles. The van der Waals surface area contributed by atoms with Crippen molar-refractivity contribution >= 4 is 11.8 Å². The standard InChI is InChI=1S/C11H18O3S/c1-10(2)13-7-6-15-11(9(7)14-10)5-3-4-8(11)12/h7-9,12H,3-6H2,1-2H3/t7-,8-,9-,11-/m0/s1. The summed E-state index contributed by atoms with van der Waals surface area (Å²) in [5, 5.41) is 10.1. The van der Waals surface area contributed by atoms with Gasteiger partial charge in [-0.05, 0) is 33.1 Å². The first-order valence-electron chi connectivity index (χ1n) is 5.71. The zero-order chi connectivity index (χ0) is 10.7. The van der Waals surface area contributed by atoms with Gasteiger partial charge in [-0.2, -0.15) is 0 Å². The molecule has 0 unspecified atom stereocenters. The number of thioether (sulfide) groups is 1. The number of aliphatic hydroxyl groups is 1. The first-order valence-corrected chi connectivity index (χ1v) is 6.70. The molecule has 2 aliphatic heterocycles. The lowest BCUT2D eigenvalue weighted by molar-refractivity contribution is -0.150. The molecule has 0 aromatic heterocycles. The van der Waals surface area contributed by atoms with Crippen molar-refractivity contribution in [1.29, 1.82) is 0 Å². The second kappa shape index (κ2) is 3.13. The number of hydrogen-bond donors (Lipinski definition) is 1. The van der Waals surface area contributed by atoms with Gasteiger partial charge >= 0.3 is 0 Å². The third-order valence-corrected chi connectivity index (χ3v) is 5.53. The molecule has 4 heteroatoms. The van der Waals surface area contributed by atoms with E-state index in [2.05, 4.69) is 0 Å². The van der Waals surface area contributed by atoms with Crippen LogP contribution in [0, 0.1) is 0 Å². The zero-order valence-electron chi connectivity index (χ0n) is 9.23. The molecule has 0 bridgehead atoms. The van der Waals surface area contributed by atoms with Gasteiger partial charge in [-0.3, -0.25) is 0 Å². The summed E-state index contributed by atoms with van der Waals surface area (Å²) in [4.78, 5) is 0. The third kappa shape index (κ3) is 1.38. The summed E-state index contributed by atoms with van der Waals surface area (Å²) in [6, 6.07) is 0. The molecule has 86 valence electrons. The van der Waals surface area contributed by atoms with Gasteiger partial charge in [-0.25, -0.2) is 0 Å². The highest BCUT2D eigenvalue weighted by atomic mass is 32.2. The maximum atomic E-state index is 10.1. The summed E-state index contributed by atoms with van der Waals surface area (Å²) >= 11 is 1.85. The minimum atomic E-state index is -0.467. The van der Waals surface area contributed by atoms with Crippen LogP contribution in [0.15, 0.2) is 0 Å². The van der Waals surface area contributed by atoms with Crippen molar-refractivity contribution in [1.82, 2.24) is 0 Å². The Morgan fingerprint density at radius 3 is 2.80 bits per heavy atom. The van der Waals surface area contributed by atoms with Gasteiger partial charge in [0.1, 0.15) is 6.10 Å². The van der Waals surface area contributed by atoms with Crippen molar-refractivity contribution in [2.75, 3.05) is 5.75 Å². The number of ether oxygens (including phenoxy) is 2. The molecule has 3 rings (SSSR count). The summed E-state index contributed by atoms with van der Waals surface area (Å²) in [7, 11) is 0. The van der Waals surface area contributed by atoms with Gasteiger partial charge in [0.05, 0.1) is 17.0 Å². The topological polar surface area (TPSA) is 38.7 Å². The maximum absolute atomic E-state index is 10.1. The molecule has 4 atom stereocenters. The van der Waals surface area contributed by atoms with Gasteiger partial charge in [0.25, 0.3) is 0 Å². The van der Waals surface area contributed by atoms with Gasteiger partial charge in [-0.15, -0.1) is 11.8 Å². The van der Waals surface area contributed by atoms with Crippen LogP contribution in [-0.4, -0.2) is 39.7 Å². The number of fused-ring (bicyclic) bond motifs is 2. The Hall–Kier alpha value is 0.230. The lowest BCUT2D eigenvalue weighted by Crippen LogP contribution is -2.45. The third-order valence-electron chi connectivity index (χ3n) is 3.79. The van der Waals surface area contributed by atoms with E-state index < -0.39 is 5.79 Å². The van der Waals surface area contributed by atoms with Crippen LogP contribution >= 0.6 is 11.8 Å². The Morgan fingerprint density at radius 1 is 1.33 bits per heavy atom. The number of hydrogen-bond acceptors (Lipinski definition) is 4. The average Bonchev–Trinajstić information content (AvgIpc) is 2.72. The molecule has 0 aromatic rings. The second-order valence-electron chi connectivity index (χ2n) is 5.27. The molecule has 1 N–H and O–H groups in total. The molecule has 1 aliphatic carbocycles. The van der Waals surface area contributed by atoms with Crippen molar-refractivity contribution in [3.8, 4) is 0 Å². The molecule has 1 spiro atoms. The van der Waals surface area contributed by atoms with E-state index in [1.54, 1.807) is 0 Å². The van der Waals surface area contributed by atoms with Gasteiger partial charge in [0, 0.05) is 5.75 Å². The highest BCUT2D eigenvalue weighted by Crippen LogP contribution is 2.55. The van der Waals surface area contributed by atoms with E-state index in [0.29, 0.717) is 0 Å². The molecule has 3 fully saturated rings. The van der Waals surface area contributed by atoms with E-state index in [4.69, 9.17) is 9.47 Å². The van der Waals surface area contributed by atoms with Crippen LogP contribution in [0.2, 0.25) is 0 Å². The van der Waals surface area contributed by atoms with E-state index in [1.165, 1.54) is 0 Å². The zero-order valence-corrected chi connectivity index (χ0v) is 10.0. The highest BCUT2D eigenvalue weighted by molar-refractivity contribution is 8.01. The lowest BCUT2D eigenvalue weighted by atomic mass is 9.94. The molecule has 15 heavy (non-hydrogen) atoms. The molecule has 0 amide bonds. The SMILES string of the molecule is CC1(C)O[C@H]2CS[C@]3(CCC[C@@H]3O)[C@H]2O1. The first-order chi connectivity index (χ1) is 7.04. The molecular formula is C11H18O3S. The quantitative estimate of drug-likeness (QED) is 0.685. The van der Waals surface area contributed by atoms with Crippen LogP contribution in [0.25, 0.3) is 0 Å². The van der Waals surface area contributed by atoms with Crippen LogP contribution in [0.5, 0.6) is 0 Å². The van der Waals surface area contributed by atoms with E-state index in [-0.39, 0.29) is 23.1 Å². The number of rotatable bonds is 0. The fourth-order valence-electron chi connectivity index (χ4n) is 3.17. The van der Waals surface area contributed by atoms with E-state index in [9.17, 15) is 5.11 Å². The summed E-state index contributed by atoms with van der Waals surface area (Å²) in [6.07, 6.45) is 3.16. The summed E-state index contributed by atoms with van der Waals surface area (Å²) in [5.41, 5.74) is 0. The molecule has 3 nitrogen and oxygen atoms in total. The van der Waals surface area contributed by atoms with Crippen LogP contribution in [0.3, 0.4) is 0 Å². The first kappa shape index (κ1) is 10.4. The average molecular weight is 230 g/mol. The molecule has 0 radical (unpaired) electrons. The normalized spacial score (nSPS) is 52.6. The Balaban J connectivity index is 1.88. The summed E-state index contributed by atoms with van der Waals surface area (Å²) in [5.74, 6) is 0.497. The fraction of sp³-hybridized carbons (Fsp3) is 1.00. The molecule has 2 heterocycles. The second-order valence-corrected chi connectivity index (χ2v) is 6.65. The summed E-state index contributed by atoms with van der Waals surface area (Å²) in [6.45, 7) is 3.93. The lowest BCUT2D eigenvalue weighted by Gasteiger charge is -2.33. The van der Waals surface area contributed by atoms with Gasteiger partial charge in [0.15, 0.2) is 5.79 Å². The predicted molar refractivity (Wildman–Crippen MR) is 58.9 cm³/mol. The minimum absolute atomic E-state index is 0.0710. The van der Waals surface area contributed by atoms with E-state index in [0.717, 1.165) is 25.0 Å². The largest absolute Gasteiger partial charge is 0.392 e. The Morgan fingerprint density at radius 2 is 2.13 bits per heavy atom. The van der Waals surface area contributed by atoms with Crippen molar-refractivity contribution in [2.45, 2.75) is 62.0 Å². The molecule has 3 aliphatic rings. The van der Waals surface area contributed by atoms with Crippen molar-refractivity contribution in [2.24, 2.45) is 0 Å². The van der Waals surface area contributed by atoms with Crippen molar-refractivity contribution < 1.29 is 14.6 Å². The molecule has 0 aromatic carbocycles. The minimum Gasteiger partial charge on any atom is -0.392 e. The molecular weight excluding hydrogens is 212 g/mol. The van der Waals surface area contributed by atoms with Crippen LogP contribution < -0.4 is 0 Å². The number of aliphatic hydroxyl groups excluding tert-OH is 1. The smallest absolute Gasteiger partial charge is 0.163 e. The van der Waals surface area contributed by atoms with Crippen molar-refractivity contribution in [3.63, 3.8) is 0 Å². The van der Waals surface area contributed by atoms with Gasteiger partial charge < -0.3 is 14.6 Å². The highest BCUT2D eigenvalue weighted by Gasteiger charge is 2.61. The summed E-state index contributed by atoms with van der Waals surface area (Å²) < 4.78 is 11.8. The monoisotopic (exact) mass is 230 g/mol. The Labute approximate surface area is 94.5 Å². The van der Waals surface area contributed by atoms with Crippen LogP contribution in [0.1, 0.15) is 33.1 Å². The van der Waals surface area contributed by atoms with E-state index in [1.807, 2.05) is 25.6 Å². The fourth-order valence-corrected chi connectivity index (χ4v) is 4.85. The Kier molecular flexibility index (Phi) is 2.16. The molecule has 1 saturated carbocycles.